The highest BCUT2D eigenvalue weighted by Gasteiger charge is 2.51. The molecule has 318 valence electrons. The molecule has 4 aromatic rings. The molecule has 0 aromatic heterocycles. The largest absolute Gasteiger partial charge is 0.394 e. The van der Waals surface area contributed by atoms with Gasteiger partial charge in [-0.25, -0.2) is 12.8 Å². The van der Waals surface area contributed by atoms with Crippen LogP contribution in [0.5, 0.6) is 0 Å². The zero-order chi connectivity index (χ0) is 42.0. The Bertz CT molecular complexity index is 2080. The van der Waals surface area contributed by atoms with Crippen molar-refractivity contribution < 1.29 is 67.9 Å². The number of hydrogen-bond donors (Lipinski definition) is 8. The highest BCUT2D eigenvalue weighted by molar-refractivity contribution is 7.91. The van der Waals surface area contributed by atoms with Crippen LogP contribution in [0.1, 0.15) is 36.1 Å². The average Bonchev–Trinajstić information content (AvgIpc) is 3.24. The summed E-state index contributed by atoms with van der Waals surface area (Å²) in [6.07, 6.45) is -15.8. The van der Waals surface area contributed by atoms with E-state index in [-0.39, 0.29) is 22.7 Å². The Morgan fingerprint density at radius 1 is 0.712 bits per heavy atom. The van der Waals surface area contributed by atoms with Crippen LogP contribution in [-0.4, -0.2) is 136 Å². The fourth-order valence-electron chi connectivity index (χ4n) is 8.24. The molecule has 7 rings (SSSR count). The lowest BCUT2D eigenvalue weighted by molar-refractivity contribution is -0.341. The molecule has 3 heterocycles. The summed E-state index contributed by atoms with van der Waals surface area (Å²) in [5.74, 6) is -0.859. The molecular weight excluding hydrogens is 790 g/mol. The molecule has 13 atom stereocenters. The molecular formula is C43H50FNO13S. The minimum absolute atomic E-state index is 0.0512. The average molecular weight is 840 g/mol. The van der Waals surface area contributed by atoms with Crippen LogP contribution in [-0.2, 0) is 24.0 Å². The predicted molar refractivity (Wildman–Crippen MR) is 211 cm³/mol. The minimum Gasteiger partial charge on any atom is -0.394 e. The molecule has 0 bridgehead atoms. The summed E-state index contributed by atoms with van der Waals surface area (Å²) in [5, 5.41) is 82.8. The molecule has 3 aliphatic rings. The topological polar surface area (TPSA) is 227 Å². The van der Waals surface area contributed by atoms with E-state index in [9.17, 15) is 53.7 Å². The van der Waals surface area contributed by atoms with E-state index in [1.807, 2.05) is 42.5 Å². The zero-order valence-electron chi connectivity index (χ0n) is 31.9. The SMILES string of the molecule is O=S(=O)(C[C@@H]1OC(CO)[C@H](O[C@@H]2OC(CO)[C@H](O)[C@H](O)C2O)[C@H](O)C1O)c1ccc(-c2ccc([C@@H]3[C@@H](CC[C@H](O)c4ccc(F)cc4)CN3c3ccccc3)cc2)cc1. The lowest BCUT2D eigenvalue weighted by atomic mass is 9.79. The second-order valence-corrected chi connectivity index (χ2v) is 17.5. The van der Waals surface area contributed by atoms with Gasteiger partial charge in [-0.15, -0.1) is 0 Å². The molecule has 0 amide bonds. The van der Waals surface area contributed by atoms with Crippen LogP contribution in [0.15, 0.2) is 108 Å². The van der Waals surface area contributed by atoms with Gasteiger partial charge < -0.3 is 60.0 Å². The number of anilines is 1. The van der Waals surface area contributed by atoms with Crippen molar-refractivity contribution in [1.82, 2.24) is 0 Å². The molecule has 3 fully saturated rings. The standard InChI is InChI=1S/C43H50FNO13S/c44-29-15-10-26(11-16-29)32(48)19-14-28-20-45(30-4-2-1-3-5-30)36(28)27-8-6-24(7-9-27)25-12-17-31(18-13-25)59(54,55)23-35-38(50)40(52)42(34(22-47)56-35)58-43-41(53)39(51)37(49)33(21-46)57-43/h1-13,15-18,28,32-43,46-53H,14,19-23H2/t28-,32-,33?,34?,35-,36+,37-,38?,39-,40+,41?,42-,43-/m0/s1. The van der Waals surface area contributed by atoms with Crippen molar-refractivity contribution in [3.8, 4) is 11.1 Å². The van der Waals surface area contributed by atoms with Gasteiger partial charge >= 0.3 is 0 Å². The normalized spacial score (nSPS) is 31.7. The van der Waals surface area contributed by atoms with Gasteiger partial charge in [0, 0.05) is 18.2 Å². The Hall–Kier alpha value is -3.88. The summed E-state index contributed by atoms with van der Waals surface area (Å²) in [6, 6.07) is 30.3. The lowest BCUT2D eigenvalue weighted by Gasteiger charge is -2.50. The van der Waals surface area contributed by atoms with Crippen LogP contribution in [0.2, 0.25) is 0 Å². The quantitative estimate of drug-likeness (QED) is 0.0904. The highest BCUT2D eigenvalue weighted by Crippen LogP contribution is 2.45. The molecule has 4 unspecified atom stereocenters. The van der Waals surface area contributed by atoms with Crippen LogP contribution in [0.25, 0.3) is 11.1 Å². The number of nitrogens with zero attached hydrogens (tertiary/aromatic N) is 1. The smallest absolute Gasteiger partial charge is 0.187 e. The van der Waals surface area contributed by atoms with Crippen molar-refractivity contribution in [2.45, 2.75) is 91.1 Å². The predicted octanol–water partition coefficient (Wildman–Crippen LogP) is 1.62. The Kier molecular flexibility index (Phi) is 13.5. The third-order valence-corrected chi connectivity index (χ3v) is 13.4. The van der Waals surface area contributed by atoms with Gasteiger partial charge in [0.1, 0.15) is 60.8 Å². The maximum atomic E-state index is 13.6. The van der Waals surface area contributed by atoms with Gasteiger partial charge in [0.2, 0.25) is 0 Å². The van der Waals surface area contributed by atoms with Crippen molar-refractivity contribution in [3.05, 3.63) is 120 Å². The number of aliphatic hydroxyl groups excluding tert-OH is 8. The number of rotatable bonds is 14. The van der Waals surface area contributed by atoms with E-state index >= 15 is 0 Å². The number of benzene rings is 4. The number of para-hydroxylation sites is 1. The lowest BCUT2D eigenvalue weighted by Crippen LogP contribution is -2.65. The van der Waals surface area contributed by atoms with Crippen molar-refractivity contribution >= 4 is 15.5 Å². The summed E-state index contributed by atoms with van der Waals surface area (Å²) >= 11 is 0. The van der Waals surface area contributed by atoms with E-state index in [1.54, 1.807) is 24.3 Å². The molecule has 4 aromatic carbocycles. The number of halogens is 1. The van der Waals surface area contributed by atoms with Crippen molar-refractivity contribution in [2.24, 2.45) is 5.92 Å². The zero-order valence-corrected chi connectivity index (χ0v) is 32.7. The maximum Gasteiger partial charge on any atom is 0.187 e. The number of hydrogen-bond acceptors (Lipinski definition) is 14. The van der Waals surface area contributed by atoms with Crippen molar-refractivity contribution in [1.29, 1.82) is 0 Å². The van der Waals surface area contributed by atoms with Gasteiger partial charge in [0.05, 0.1) is 36.0 Å². The van der Waals surface area contributed by atoms with Gasteiger partial charge in [-0.2, -0.15) is 0 Å². The first-order valence-corrected chi connectivity index (χ1v) is 21.2. The fraction of sp³-hybridized carbons (Fsp3) is 0.442. The maximum absolute atomic E-state index is 13.6. The van der Waals surface area contributed by atoms with Crippen LogP contribution in [0.3, 0.4) is 0 Å². The Balaban J connectivity index is 1.00. The molecule has 0 aliphatic carbocycles. The summed E-state index contributed by atoms with van der Waals surface area (Å²) in [4.78, 5) is 2.26. The molecule has 0 spiro atoms. The second-order valence-electron chi connectivity index (χ2n) is 15.4. The van der Waals surface area contributed by atoms with Crippen molar-refractivity contribution in [2.75, 3.05) is 30.4 Å². The first kappa shape index (κ1) is 43.2. The van der Waals surface area contributed by atoms with Gasteiger partial charge in [0.15, 0.2) is 16.1 Å². The first-order chi connectivity index (χ1) is 28.3. The summed E-state index contributed by atoms with van der Waals surface area (Å²) in [7, 11) is -4.12. The number of aliphatic hydroxyl groups is 8. The van der Waals surface area contributed by atoms with Crippen LogP contribution >= 0.6 is 0 Å². The molecule has 59 heavy (non-hydrogen) atoms. The summed E-state index contributed by atoms with van der Waals surface area (Å²) < 4.78 is 57.2. The van der Waals surface area contributed by atoms with Crippen molar-refractivity contribution in [3.63, 3.8) is 0 Å². The Morgan fingerprint density at radius 3 is 1.95 bits per heavy atom. The molecule has 16 heteroatoms. The molecule has 14 nitrogen and oxygen atoms in total. The fourth-order valence-corrected chi connectivity index (χ4v) is 9.69. The van der Waals surface area contributed by atoms with Gasteiger partial charge in [-0.3, -0.25) is 0 Å². The molecule has 3 aliphatic heterocycles. The molecule has 0 saturated carbocycles. The Morgan fingerprint density at radius 2 is 1.32 bits per heavy atom. The summed E-state index contributed by atoms with van der Waals surface area (Å²) in [6.45, 7) is -0.720. The van der Waals surface area contributed by atoms with E-state index in [1.165, 1.54) is 24.3 Å². The second kappa shape index (κ2) is 18.4. The van der Waals surface area contributed by atoms with E-state index in [4.69, 9.17) is 14.2 Å². The Labute approximate surface area is 341 Å². The molecule has 3 saturated heterocycles. The minimum atomic E-state index is -4.12. The van der Waals surface area contributed by atoms with E-state index in [0.717, 1.165) is 35.3 Å². The number of ether oxygens (including phenoxy) is 3. The molecule has 8 N–H and O–H groups in total. The van der Waals surface area contributed by atoms with Gasteiger partial charge in [-0.1, -0.05) is 66.7 Å². The van der Waals surface area contributed by atoms with Crippen LogP contribution in [0, 0.1) is 11.7 Å². The van der Waals surface area contributed by atoms with Crippen LogP contribution < -0.4 is 4.90 Å². The van der Waals surface area contributed by atoms with E-state index in [0.29, 0.717) is 12.0 Å². The van der Waals surface area contributed by atoms with Gasteiger partial charge in [0.25, 0.3) is 0 Å². The monoisotopic (exact) mass is 839 g/mol. The van der Waals surface area contributed by atoms with Crippen LogP contribution in [0.4, 0.5) is 10.1 Å². The third kappa shape index (κ3) is 9.24. The number of sulfone groups is 1. The third-order valence-electron chi connectivity index (χ3n) is 11.7. The van der Waals surface area contributed by atoms with E-state index in [2.05, 4.69) is 17.0 Å². The van der Waals surface area contributed by atoms with E-state index < -0.39 is 96.1 Å². The molecule has 0 radical (unpaired) electrons. The summed E-state index contributed by atoms with van der Waals surface area (Å²) in [5.41, 5.74) is 4.44. The first-order valence-electron chi connectivity index (χ1n) is 19.6. The van der Waals surface area contributed by atoms with Gasteiger partial charge in [-0.05, 0) is 71.5 Å². The highest BCUT2D eigenvalue weighted by atomic mass is 32.2.